The van der Waals surface area contributed by atoms with Gasteiger partial charge in [-0.3, -0.25) is 14.2 Å². The third-order valence-electron chi connectivity index (χ3n) is 4.19. The van der Waals surface area contributed by atoms with E-state index in [9.17, 15) is 9.59 Å². The average Bonchev–Trinajstić information content (AvgIpc) is 2.72. The van der Waals surface area contributed by atoms with E-state index >= 15 is 0 Å². The van der Waals surface area contributed by atoms with Crippen LogP contribution in [0.5, 0.6) is 5.75 Å². The molecule has 3 rings (SSSR count). The Kier molecular flexibility index (Phi) is 6.93. The summed E-state index contributed by atoms with van der Waals surface area (Å²) in [5, 5.41) is 3.88. The summed E-state index contributed by atoms with van der Waals surface area (Å²) in [6.45, 7) is 7.07. The van der Waals surface area contributed by atoms with Gasteiger partial charge in [0.2, 0.25) is 5.91 Å². The van der Waals surface area contributed by atoms with Crippen molar-refractivity contribution < 1.29 is 9.53 Å². The summed E-state index contributed by atoms with van der Waals surface area (Å²) in [5.41, 5.74) is 1.03. The molecule has 0 bridgehead atoms. The van der Waals surface area contributed by atoms with Crippen molar-refractivity contribution in [2.75, 3.05) is 18.9 Å². The molecule has 0 aliphatic heterocycles. The number of hydrogen-bond donors (Lipinski definition) is 1. The number of amides is 1. The van der Waals surface area contributed by atoms with Gasteiger partial charge >= 0.3 is 0 Å². The number of carbonyl (C=O) groups excluding carboxylic acids is 1. The molecule has 2 aromatic carbocycles. The molecule has 0 aliphatic carbocycles. The Bertz CT molecular complexity index is 1060. The maximum atomic E-state index is 13.3. The molecule has 0 saturated carbocycles. The molecule has 0 saturated heterocycles. The number of thioether (sulfide) groups is 1. The van der Waals surface area contributed by atoms with Crippen LogP contribution in [0.2, 0.25) is 0 Å². The second kappa shape index (κ2) is 9.60. The fourth-order valence-corrected chi connectivity index (χ4v) is 3.68. The zero-order valence-corrected chi connectivity index (χ0v) is 17.7. The van der Waals surface area contributed by atoms with Crippen LogP contribution in [-0.4, -0.2) is 34.4 Å². The zero-order chi connectivity index (χ0) is 20.8. The lowest BCUT2D eigenvalue weighted by atomic mass is 10.2. The number of benzene rings is 2. The molecular weight excluding hydrogens is 386 g/mol. The van der Waals surface area contributed by atoms with Gasteiger partial charge in [0.05, 0.1) is 29.0 Å². The minimum atomic E-state index is -0.187. The molecule has 1 N–H and O–H groups in total. The Morgan fingerprint density at radius 1 is 1.17 bits per heavy atom. The van der Waals surface area contributed by atoms with Crippen LogP contribution in [0, 0.1) is 5.92 Å². The number of nitrogens with zero attached hydrogens (tertiary/aromatic N) is 2. The third-order valence-corrected chi connectivity index (χ3v) is 5.13. The summed E-state index contributed by atoms with van der Waals surface area (Å²) in [6, 6.07) is 14.6. The van der Waals surface area contributed by atoms with Gasteiger partial charge in [0, 0.05) is 6.54 Å². The summed E-state index contributed by atoms with van der Waals surface area (Å²) >= 11 is 1.24. The lowest BCUT2D eigenvalue weighted by Crippen LogP contribution is -2.29. The Morgan fingerprint density at radius 3 is 2.66 bits per heavy atom. The fourth-order valence-electron chi connectivity index (χ4n) is 2.84. The zero-order valence-electron chi connectivity index (χ0n) is 16.8. The summed E-state index contributed by atoms with van der Waals surface area (Å²) in [6.07, 6.45) is 0. The highest BCUT2D eigenvalue weighted by atomic mass is 32.2. The van der Waals surface area contributed by atoms with Crippen LogP contribution in [0.15, 0.2) is 58.5 Å². The van der Waals surface area contributed by atoms with Crippen molar-refractivity contribution in [2.24, 2.45) is 5.92 Å². The number of para-hydroxylation sites is 3. The standard InChI is InChI=1S/C22H25N3O3S/c1-4-28-19-12-8-7-11-18(19)25-21(27)16-9-5-6-10-17(16)24-22(25)29-14-20(26)23-13-15(2)3/h5-12,15H,4,13-14H2,1-3H3,(H,23,26). The molecule has 7 heteroatoms. The summed E-state index contributed by atoms with van der Waals surface area (Å²) in [5.74, 6) is 1.06. The smallest absolute Gasteiger partial charge is 0.266 e. The Hall–Kier alpha value is -2.80. The molecule has 0 atom stereocenters. The maximum Gasteiger partial charge on any atom is 0.266 e. The van der Waals surface area contributed by atoms with E-state index in [4.69, 9.17) is 4.74 Å². The predicted octanol–water partition coefficient (Wildman–Crippen LogP) is 3.65. The Balaban J connectivity index is 2.05. The van der Waals surface area contributed by atoms with Crippen molar-refractivity contribution in [1.29, 1.82) is 0 Å². The van der Waals surface area contributed by atoms with Gasteiger partial charge in [0.15, 0.2) is 5.16 Å². The minimum absolute atomic E-state index is 0.0873. The number of fused-ring (bicyclic) bond motifs is 1. The lowest BCUT2D eigenvalue weighted by Gasteiger charge is -2.16. The molecule has 3 aromatic rings. The van der Waals surface area contributed by atoms with Crippen molar-refractivity contribution in [3.63, 3.8) is 0 Å². The Labute approximate surface area is 174 Å². The molecule has 0 unspecified atom stereocenters. The predicted molar refractivity (Wildman–Crippen MR) is 117 cm³/mol. The molecule has 6 nitrogen and oxygen atoms in total. The highest BCUT2D eigenvalue weighted by Crippen LogP contribution is 2.27. The highest BCUT2D eigenvalue weighted by Gasteiger charge is 2.17. The second-order valence-corrected chi connectivity index (χ2v) is 7.88. The quantitative estimate of drug-likeness (QED) is 0.452. The largest absolute Gasteiger partial charge is 0.492 e. The number of rotatable bonds is 8. The third kappa shape index (κ3) is 4.98. The first kappa shape index (κ1) is 20.9. The van der Waals surface area contributed by atoms with E-state index in [2.05, 4.69) is 10.3 Å². The average molecular weight is 412 g/mol. The maximum absolute atomic E-state index is 13.3. The van der Waals surface area contributed by atoms with E-state index in [1.807, 2.05) is 57.2 Å². The second-order valence-electron chi connectivity index (χ2n) is 6.94. The van der Waals surface area contributed by atoms with Crippen molar-refractivity contribution in [3.05, 3.63) is 58.9 Å². The van der Waals surface area contributed by atoms with E-state index in [0.717, 1.165) is 0 Å². The van der Waals surface area contributed by atoms with Gasteiger partial charge in [-0.05, 0) is 37.1 Å². The molecule has 1 amide bonds. The van der Waals surface area contributed by atoms with Crippen molar-refractivity contribution in [3.8, 4) is 11.4 Å². The summed E-state index contributed by atoms with van der Waals surface area (Å²) < 4.78 is 7.26. The number of hydrogen-bond acceptors (Lipinski definition) is 5. The molecule has 1 heterocycles. The van der Waals surface area contributed by atoms with Gasteiger partial charge in [-0.25, -0.2) is 4.98 Å². The van der Waals surface area contributed by atoms with Crippen LogP contribution >= 0.6 is 11.8 Å². The van der Waals surface area contributed by atoms with Crippen LogP contribution in [0.25, 0.3) is 16.6 Å². The monoisotopic (exact) mass is 411 g/mol. The SMILES string of the molecule is CCOc1ccccc1-n1c(SCC(=O)NCC(C)C)nc2ccccc2c1=O. The van der Waals surface area contributed by atoms with E-state index in [1.165, 1.54) is 16.3 Å². The van der Waals surface area contributed by atoms with E-state index in [0.29, 0.717) is 46.6 Å². The number of ether oxygens (including phenoxy) is 1. The van der Waals surface area contributed by atoms with Crippen LogP contribution < -0.4 is 15.6 Å². The molecule has 1 aromatic heterocycles. The van der Waals surface area contributed by atoms with Gasteiger partial charge in [-0.1, -0.05) is 49.9 Å². The first-order chi connectivity index (χ1) is 14.0. The number of nitrogens with one attached hydrogen (secondary N) is 1. The van der Waals surface area contributed by atoms with Crippen LogP contribution in [0.4, 0.5) is 0 Å². The van der Waals surface area contributed by atoms with Crippen LogP contribution in [-0.2, 0) is 4.79 Å². The number of aromatic nitrogens is 2. The van der Waals surface area contributed by atoms with Crippen LogP contribution in [0.1, 0.15) is 20.8 Å². The van der Waals surface area contributed by atoms with Gasteiger partial charge < -0.3 is 10.1 Å². The highest BCUT2D eigenvalue weighted by molar-refractivity contribution is 7.99. The summed E-state index contributed by atoms with van der Waals surface area (Å²) in [4.78, 5) is 30.2. The van der Waals surface area contributed by atoms with Gasteiger partial charge in [-0.15, -0.1) is 0 Å². The topological polar surface area (TPSA) is 73.2 Å². The fraction of sp³-hybridized carbons (Fsp3) is 0.318. The molecule has 0 fully saturated rings. The normalized spacial score (nSPS) is 11.0. The first-order valence-electron chi connectivity index (χ1n) is 9.64. The van der Waals surface area contributed by atoms with Gasteiger partial charge in [-0.2, -0.15) is 0 Å². The molecular formula is C22H25N3O3S. The molecule has 152 valence electrons. The number of carbonyl (C=O) groups is 1. The van der Waals surface area contributed by atoms with Crippen molar-refractivity contribution in [2.45, 2.75) is 25.9 Å². The van der Waals surface area contributed by atoms with Gasteiger partial charge in [0.25, 0.3) is 5.56 Å². The van der Waals surface area contributed by atoms with E-state index in [1.54, 1.807) is 12.1 Å². The van der Waals surface area contributed by atoms with Crippen molar-refractivity contribution in [1.82, 2.24) is 14.9 Å². The lowest BCUT2D eigenvalue weighted by molar-refractivity contribution is -0.118. The molecule has 0 aliphatic rings. The first-order valence-corrected chi connectivity index (χ1v) is 10.6. The van der Waals surface area contributed by atoms with Crippen molar-refractivity contribution >= 4 is 28.6 Å². The van der Waals surface area contributed by atoms with Gasteiger partial charge in [0.1, 0.15) is 5.75 Å². The molecule has 29 heavy (non-hydrogen) atoms. The molecule has 0 radical (unpaired) electrons. The van der Waals surface area contributed by atoms with E-state index in [-0.39, 0.29) is 17.2 Å². The Morgan fingerprint density at radius 2 is 1.90 bits per heavy atom. The minimum Gasteiger partial charge on any atom is -0.492 e. The molecule has 0 spiro atoms. The van der Waals surface area contributed by atoms with E-state index < -0.39 is 0 Å². The van der Waals surface area contributed by atoms with Crippen LogP contribution in [0.3, 0.4) is 0 Å². The summed E-state index contributed by atoms with van der Waals surface area (Å²) in [7, 11) is 0.